The summed E-state index contributed by atoms with van der Waals surface area (Å²) in [6, 6.07) is 10.8. The van der Waals surface area contributed by atoms with Crippen LogP contribution in [0.2, 0.25) is 0 Å². The van der Waals surface area contributed by atoms with Crippen LogP contribution in [0, 0.1) is 0 Å². The molecule has 0 unspecified atom stereocenters. The Morgan fingerprint density at radius 1 is 0.906 bits per heavy atom. The molecule has 1 aromatic carbocycles. The second-order valence-corrected chi connectivity index (χ2v) is 7.38. The number of rotatable bonds is 4. The Balaban J connectivity index is 1.31. The number of nitrogens with zero attached hydrogens (tertiary/aromatic N) is 6. The Morgan fingerprint density at radius 2 is 1.66 bits per heavy atom. The van der Waals surface area contributed by atoms with Gasteiger partial charge < -0.3 is 14.8 Å². The second kappa shape index (κ2) is 8.06. The van der Waals surface area contributed by atoms with E-state index in [1.165, 1.54) is 11.1 Å². The highest BCUT2D eigenvalue weighted by atomic mass is 16.2. The van der Waals surface area contributed by atoms with Crippen molar-refractivity contribution in [1.82, 2.24) is 34.8 Å². The predicted octanol–water partition coefficient (Wildman–Crippen LogP) is 1.31. The van der Waals surface area contributed by atoms with Crippen molar-refractivity contribution in [1.29, 1.82) is 0 Å². The molecule has 0 radical (unpaired) electrons. The van der Waals surface area contributed by atoms with E-state index in [9.17, 15) is 14.4 Å². The van der Waals surface area contributed by atoms with Crippen LogP contribution in [0.3, 0.4) is 0 Å². The van der Waals surface area contributed by atoms with Gasteiger partial charge in [-0.2, -0.15) is 0 Å². The van der Waals surface area contributed by atoms with Gasteiger partial charge >= 0.3 is 0 Å². The van der Waals surface area contributed by atoms with Crippen LogP contribution >= 0.6 is 0 Å². The summed E-state index contributed by atoms with van der Waals surface area (Å²) in [5, 5.41) is 7.77. The smallest absolute Gasteiger partial charge is 0.295 e. The first-order valence-electron chi connectivity index (χ1n) is 10.1. The number of amides is 2. The minimum atomic E-state index is -0.637. The van der Waals surface area contributed by atoms with Crippen molar-refractivity contribution in [3.63, 3.8) is 0 Å². The molecule has 0 atom stereocenters. The minimum Gasteiger partial charge on any atom is -0.357 e. The summed E-state index contributed by atoms with van der Waals surface area (Å²) in [4.78, 5) is 49.0. The number of ketones is 1. The molecule has 10 nitrogen and oxygen atoms in total. The molecular weight excluding hydrogens is 410 g/mol. The Hall–Kier alpha value is -4.34. The maximum absolute atomic E-state index is 13.0. The van der Waals surface area contributed by atoms with Crippen LogP contribution in [0.1, 0.15) is 20.7 Å². The van der Waals surface area contributed by atoms with Gasteiger partial charge in [-0.1, -0.05) is 23.4 Å². The molecule has 160 valence electrons. The fourth-order valence-electron chi connectivity index (χ4n) is 3.85. The topological polar surface area (TPSA) is 117 Å². The molecule has 32 heavy (non-hydrogen) atoms. The van der Waals surface area contributed by atoms with Crippen molar-refractivity contribution in [2.45, 2.75) is 0 Å². The monoisotopic (exact) mass is 429 g/mol. The lowest BCUT2D eigenvalue weighted by molar-refractivity contribution is -0.127. The van der Waals surface area contributed by atoms with E-state index < -0.39 is 11.7 Å². The Kier molecular flexibility index (Phi) is 4.94. The highest BCUT2D eigenvalue weighted by Crippen LogP contribution is 2.23. The number of H-pyrrole nitrogens is 1. The van der Waals surface area contributed by atoms with Crippen molar-refractivity contribution in [2.24, 2.45) is 0 Å². The number of carbonyl (C=O) groups is 3. The zero-order valence-corrected chi connectivity index (χ0v) is 17.0. The van der Waals surface area contributed by atoms with Gasteiger partial charge in [-0.25, -0.2) is 4.68 Å². The van der Waals surface area contributed by atoms with Crippen molar-refractivity contribution >= 4 is 28.6 Å². The second-order valence-electron chi connectivity index (χ2n) is 7.38. The first-order chi connectivity index (χ1) is 15.6. The summed E-state index contributed by atoms with van der Waals surface area (Å²) in [7, 11) is 0. The summed E-state index contributed by atoms with van der Waals surface area (Å²) < 4.78 is 1.56. The number of piperazine rings is 1. The number of fused-ring (bicyclic) bond motifs is 1. The zero-order chi connectivity index (χ0) is 22.1. The van der Waals surface area contributed by atoms with Crippen LogP contribution in [-0.4, -0.2) is 78.5 Å². The minimum absolute atomic E-state index is 0.0782. The first kappa shape index (κ1) is 19.6. The van der Waals surface area contributed by atoms with E-state index in [1.807, 2.05) is 18.2 Å². The molecule has 0 bridgehead atoms. The molecule has 1 saturated heterocycles. The van der Waals surface area contributed by atoms with E-state index in [-0.39, 0.29) is 11.5 Å². The SMILES string of the molecule is O=C(C(=O)N1CCN(C(=O)c2ccccc2)CC1)c1c[nH]c2c(-n3ccnn3)ccnc12. The third-order valence-electron chi connectivity index (χ3n) is 5.53. The van der Waals surface area contributed by atoms with Crippen LogP contribution < -0.4 is 0 Å². The van der Waals surface area contributed by atoms with Gasteiger partial charge in [0.2, 0.25) is 0 Å². The van der Waals surface area contributed by atoms with Gasteiger partial charge in [-0.3, -0.25) is 19.4 Å². The number of hydrogen-bond acceptors (Lipinski definition) is 6. The normalized spacial score (nSPS) is 14.0. The van der Waals surface area contributed by atoms with Crippen LogP contribution in [0.4, 0.5) is 0 Å². The van der Waals surface area contributed by atoms with Crippen molar-refractivity contribution in [3.05, 3.63) is 72.3 Å². The van der Waals surface area contributed by atoms with Gasteiger partial charge in [0, 0.05) is 44.1 Å². The standard InChI is InChI=1S/C22H19N7O3/c30-20(16-14-24-19-17(6-7-23-18(16)19)29-9-8-25-26-29)22(32)28-12-10-27(11-13-28)21(31)15-4-2-1-3-5-15/h1-9,14,24H,10-13H2. The van der Waals surface area contributed by atoms with E-state index in [1.54, 1.807) is 46.4 Å². The number of carbonyl (C=O) groups excluding carboxylic acids is 3. The molecule has 1 aliphatic heterocycles. The number of nitrogens with one attached hydrogen (secondary N) is 1. The average molecular weight is 429 g/mol. The molecule has 4 heterocycles. The third kappa shape index (κ3) is 3.41. The summed E-state index contributed by atoms with van der Waals surface area (Å²) in [6.45, 7) is 1.33. The first-order valence-corrected chi connectivity index (χ1v) is 10.1. The van der Waals surface area contributed by atoms with Gasteiger partial charge in [0.05, 0.1) is 29.2 Å². The molecule has 0 aliphatic carbocycles. The summed E-state index contributed by atoms with van der Waals surface area (Å²) >= 11 is 0. The van der Waals surface area contributed by atoms with Crippen LogP contribution in [0.15, 0.2) is 61.2 Å². The number of benzene rings is 1. The predicted molar refractivity (Wildman–Crippen MR) is 114 cm³/mol. The third-order valence-corrected chi connectivity index (χ3v) is 5.53. The van der Waals surface area contributed by atoms with Gasteiger partial charge in [-0.15, -0.1) is 5.10 Å². The van der Waals surface area contributed by atoms with E-state index in [2.05, 4.69) is 20.3 Å². The molecule has 0 spiro atoms. The lowest BCUT2D eigenvalue weighted by Gasteiger charge is -2.34. The lowest BCUT2D eigenvalue weighted by atomic mass is 10.1. The maximum atomic E-state index is 13.0. The van der Waals surface area contributed by atoms with Crippen molar-refractivity contribution < 1.29 is 14.4 Å². The number of pyridine rings is 1. The summed E-state index contributed by atoms with van der Waals surface area (Å²) in [5.41, 5.74) is 2.47. The van der Waals surface area contributed by atoms with Gasteiger partial charge in [0.25, 0.3) is 17.6 Å². The lowest BCUT2D eigenvalue weighted by Crippen LogP contribution is -2.52. The Morgan fingerprint density at radius 3 is 2.38 bits per heavy atom. The van der Waals surface area contributed by atoms with E-state index in [0.717, 1.165) is 0 Å². The molecule has 2 amide bonds. The molecular formula is C22H19N7O3. The highest BCUT2D eigenvalue weighted by molar-refractivity contribution is 6.44. The van der Waals surface area contributed by atoms with E-state index >= 15 is 0 Å². The molecule has 1 fully saturated rings. The Labute approximate surface area is 182 Å². The van der Waals surface area contributed by atoms with Crippen molar-refractivity contribution in [2.75, 3.05) is 26.2 Å². The fraction of sp³-hybridized carbons (Fsp3) is 0.182. The molecule has 10 heteroatoms. The van der Waals surface area contributed by atoms with Gasteiger partial charge in [0.1, 0.15) is 5.52 Å². The fourth-order valence-corrected chi connectivity index (χ4v) is 3.85. The number of aromatic nitrogens is 5. The van der Waals surface area contributed by atoms with Crippen LogP contribution in [0.25, 0.3) is 16.7 Å². The molecule has 0 saturated carbocycles. The molecule has 4 aromatic rings. The van der Waals surface area contributed by atoms with E-state index in [4.69, 9.17) is 0 Å². The number of aromatic amines is 1. The quantitative estimate of drug-likeness (QED) is 0.386. The van der Waals surface area contributed by atoms with Crippen LogP contribution in [-0.2, 0) is 4.79 Å². The molecule has 1 N–H and O–H groups in total. The maximum Gasteiger partial charge on any atom is 0.295 e. The summed E-state index contributed by atoms with van der Waals surface area (Å²) in [6.07, 6.45) is 6.28. The molecule has 5 rings (SSSR count). The summed E-state index contributed by atoms with van der Waals surface area (Å²) in [5.74, 6) is -1.32. The number of hydrogen-bond donors (Lipinski definition) is 1. The average Bonchev–Trinajstić information content (AvgIpc) is 3.53. The Bertz CT molecular complexity index is 1290. The molecule has 3 aromatic heterocycles. The zero-order valence-electron chi connectivity index (χ0n) is 17.0. The van der Waals surface area contributed by atoms with Crippen LogP contribution in [0.5, 0.6) is 0 Å². The van der Waals surface area contributed by atoms with Crippen molar-refractivity contribution in [3.8, 4) is 5.69 Å². The largest absolute Gasteiger partial charge is 0.357 e. The van der Waals surface area contributed by atoms with E-state index in [0.29, 0.717) is 48.5 Å². The number of Topliss-reactive ketones (excluding diaryl/α,β-unsaturated/α-hetero) is 1. The van der Waals surface area contributed by atoms with Gasteiger partial charge in [0.15, 0.2) is 0 Å². The van der Waals surface area contributed by atoms with Gasteiger partial charge in [-0.05, 0) is 18.2 Å². The highest BCUT2D eigenvalue weighted by Gasteiger charge is 2.30. The molecule has 1 aliphatic rings.